The number of nitrogens with one attached hydrogen (secondary N) is 1. The van der Waals surface area contributed by atoms with Crippen LogP contribution >= 0.6 is 0 Å². The zero-order valence-corrected chi connectivity index (χ0v) is 11.4. The average Bonchev–Trinajstić information content (AvgIpc) is 2.40. The highest BCUT2D eigenvalue weighted by Crippen LogP contribution is 2.25. The maximum absolute atomic E-state index is 4.80. The lowest BCUT2D eigenvalue weighted by atomic mass is 10.1. The maximum atomic E-state index is 4.80. The van der Waals surface area contributed by atoms with Gasteiger partial charge in [0.25, 0.3) is 0 Å². The van der Waals surface area contributed by atoms with Gasteiger partial charge in [0, 0.05) is 25.0 Å². The molecule has 0 aliphatic carbocycles. The molecule has 1 N–H and O–H groups in total. The number of anilines is 1. The van der Waals surface area contributed by atoms with Crippen LogP contribution in [0, 0.1) is 0 Å². The van der Waals surface area contributed by atoms with E-state index in [9.17, 15) is 0 Å². The minimum Gasteiger partial charge on any atom is -0.357 e. The summed E-state index contributed by atoms with van der Waals surface area (Å²) < 4.78 is 0. The van der Waals surface area contributed by atoms with Crippen LogP contribution in [0.25, 0.3) is 10.8 Å². The first kappa shape index (κ1) is 12.8. The van der Waals surface area contributed by atoms with Gasteiger partial charge in [0.15, 0.2) is 0 Å². The predicted octanol–water partition coefficient (Wildman–Crippen LogP) is 2.80. The van der Waals surface area contributed by atoms with Crippen molar-refractivity contribution in [2.75, 3.05) is 25.0 Å². The van der Waals surface area contributed by atoms with E-state index < -0.39 is 0 Å². The van der Waals surface area contributed by atoms with Gasteiger partial charge < -0.3 is 10.2 Å². The number of benzene rings is 1. The first-order chi connectivity index (χ1) is 8.80. The molecule has 0 amide bonds. The van der Waals surface area contributed by atoms with Crippen LogP contribution in [0.1, 0.15) is 19.5 Å². The highest BCUT2D eigenvalue weighted by Gasteiger charge is 2.10. The van der Waals surface area contributed by atoms with Gasteiger partial charge in [-0.15, -0.1) is 0 Å². The molecule has 0 bridgehead atoms. The van der Waals surface area contributed by atoms with Crippen molar-refractivity contribution < 1.29 is 0 Å². The molecular weight excluding hydrogens is 222 g/mol. The lowest BCUT2D eigenvalue weighted by Gasteiger charge is -2.22. The minimum atomic E-state index is 0.805. The molecule has 2 rings (SSSR count). The zero-order chi connectivity index (χ0) is 13.0. The lowest BCUT2D eigenvalue weighted by Crippen LogP contribution is -2.24. The van der Waals surface area contributed by atoms with Crippen molar-refractivity contribution in [1.82, 2.24) is 10.3 Å². The van der Waals surface area contributed by atoms with Crippen LogP contribution in [0.15, 0.2) is 30.3 Å². The van der Waals surface area contributed by atoms with Crippen molar-refractivity contribution >= 4 is 16.6 Å². The van der Waals surface area contributed by atoms with Gasteiger partial charge in [0.05, 0.1) is 5.69 Å². The van der Waals surface area contributed by atoms with Crippen LogP contribution in [0.5, 0.6) is 0 Å². The Bertz CT molecular complexity index is 518. The molecule has 0 radical (unpaired) electrons. The summed E-state index contributed by atoms with van der Waals surface area (Å²) in [6.07, 6.45) is 0. The minimum absolute atomic E-state index is 0.805. The molecule has 0 atom stereocenters. The highest BCUT2D eigenvalue weighted by molar-refractivity contribution is 5.92. The second kappa shape index (κ2) is 5.83. The van der Waals surface area contributed by atoms with Crippen molar-refractivity contribution in [3.63, 3.8) is 0 Å². The number of pyridine rings is 1. The van der Waals surface area contributed by atoms with Gasteiger partial charge in [-0.25, -0.2) is 4.98 Å². The van der Waals surface area contributed by atoms with E-state index in [0.717, 1.165) is 31.1 Å². The topological polar surface area (TPSA) is 28.2 Å². The fourth-order valence-electron chi connectivity index (χ4n) is 2.27. The number of rotatable bonds is 5. The number of nitrogens with zero attached hydrogens (tertiary/aromatic N) is 2. The van der Waals surface area contributed by atoms with Crippen molar-refractivity contribution in [3.8, 4) is 0 Å². The third-order valence-corrected chi connectivity index (χ3v) is 3.19. The summed E-state index contributed by atoms with van der Waals surface area (Å²) in [6, 6.07) is 10.6. The molecule has 96 valence electrons. The predicted molar refractivity (Wildman–Crippen MR) is 78.1 cm³/mol. The van der Waals surface area contributed by atoms with E-state index in [2.05, 4.69) is 54.4 Å². The molecule has 0 saturated carbocycles. The Balaban J connectivity index is 2.59. The highest BCUT2D eigenvalue weighted by atomic mass is 15.2. The second-order valence-corrected chi connectivity index (χ2v) is 4.36. The molecule has 2 aromatic rings. The van der Waals surface area contributed by atoms with Crippen LogP contribution in [0.3, 0.4) is 0 Å². The Morgan fingerprint density at radius 3 is 2.56 bits per heavy atom. The average molecular weight is 243 g/mol. The van der Waals surface area contributed by atoms with Gasteiger partial charge in [-0.2, -0.15) is 0 Å². The molecule has 1 heterocycles. The van der Waals surface area contributed by atoms with Gasteiger partial charge in [0.2, 0.25) is 0 Å². The molecule has 3 nitrogen and oxygen atoms in total. The van der Waals surface area contributed by atoms with E-state index in [1.54, 1.807) is 0 Å². The van der Waals surface area contributed by atoms with E-state index in [0.29, 0.717) is 0 Å². The van der Waals surface area contributed by atoms with Crippen LogP contribution in [0.2, 0.25) is 0 Å². The molecule has 3 heteroatoms. The van der Waals surface area contributed by atoms with E-state index in [4.69, 9.17) is 4.98 Å². The Hall–Kier alpha value is -1.61. The lowest BCUT2D eigenvalue weighted by molar-refractivity contribution is 0.781. The van der Waals surface area contributed by atoms with Gasteiger partial charge in [-0.1, -0.05) is 24.3 Å². The summed E-state index contributed by atoms with van der Waals surface area (Å²) in [5.74, 6) is 1.10. The van der Waals surface area contributed by atoms with Crippen molar-refractivity contribution in [2.45, 2.75) is 20.4 Å². The third-order valence-electron chi connectivity index (χ3n) is 3.19. The molecule has 0 aliphatic rings. The number of hydrogen-bond donors (Lipinski definition) is 1. The van der Waals surface area contributed by atoms with E-state index in [-0.39, 0.29) is 0 Å². The van der Waals surface area contributed by atoms with Crippen LogP contribution in [-0.4, -0.2) is 25.1 Å². The summed E-state index contributed by atoms with van der Waals surface area (Å²) in [4.78, 5) is 7.10. The Morgan fingerprint density at radius 1 is 1.17 bits per heavy atom. The first-order valence-electron chi connectivity index (χ1n) is 6.58. The van der Waals surface area contributed by atoms with Crippen molar-refractivity contribution in [1.29, 1.82) is 0 Å². The monoisotopic (exact) mass is 243 g/mol. The van der Waals surface area contributed by atoms with E-state index >= 15 is 0 Å². The summed E-state index contributed by atoms with van der Waals surface area (Å²) in [5.41, 5.74) is 1.10. The quantitative estimate of drug-likeness (QED) is 0.875. The van der Waals surface area contributed by atoms with E-state index in [1.165, 1.54) is 10.8 Å². The van der Waals surface area contributed by atoms with E-state index in [1.807, 2.05) is 7.05 Å². The Morgan fingerprint density at radius 2 is 1.89 bits per heavy atom. The largest absolute Gasteiger partial charge is 0.357 e. The third kappa shape index (κ3) is 2.46. The van der Waals surface area contributed by atoms with Gasteiger partial charge >= 0.3 is 0 Å². The molecule has 0 aliphatic heterocycles. The number of hydrogen-bond acceptors (Lipinski definition) is 3. The normalized spacial score (nSPS) is 10.8. The number of fused-ring (bicyclic) bond motifs is 1. The van der Waals surface area contributed by atoms with Crippen LogP contribution in [0.4, 0.5) is 5.82 Å². The van der Waals surface area contributed by atoms with Gasteiger partial charge in [0.1, 0.15) is 5.82 Å². The standard InChI is InChI=1S/C15H21N3/c1-4-18(5-2)15-14-9-7-6-8-12(14)10-13(17-15)11-16-3/h6-10,16H,4-5,11H2,1-3H3. The fourth-order valence-corrected chi connectivity index (χ4v) is 2.27. The smallest absolute Gasteiger partial charge is 0.136 e. The molecule has 0 saturated heterocycles. The van der Waals surface area contributed by atoms with Crippen LogP contribution in [-0.2, 0) is 6.54 Å². The summed E-state index contributed by atoms with van der Waals surface area (Å²) in [5, 5.41) is 5.67. The Kier molecular flexibility index (Phi) is 4.15. The first-order valence-corrected chi connectivity index (χ1v) is 6.58. The second-order valence-electron chi connectivity index (χ2n) is 4.36. The maximum Gasteiger partial charge on any atom is 0.136 e. The Labute approximate surface area is 109 Å². The number of aromatic nitrogens is 1. The summed E-state index contributed by atoms with van der Waals surface area (Å²) in [6.45, 7) is 7.11. The molecule has 0 fully saturated rings. The summed E-state index contributed by atoms with van der Waals surface area (Å²) in [7, 11) is 1.95. The molecule has 0 unspecified atom stereocenters. The zero-order valence-electron chi connectivity index (χ0n) is 11.4. The SMILES string of the molecule is CCN(CC)c1nc(CNC)cc2ccccc12. The van der Waals surface area contributed by atoms with Gasteiger partial charge in [-0.05, 0) is 32.3 Å². The molecule has 18 heavy (non-hydrogen) atoms. The van der Waals surface area contributed by atoms with Crippen molar-refractivity contribution in [2.24, 2.45) is 0 Å². The van der Waals surface area contributed by atoms with Crippen LogP contribution < -0.4 is 10.2 Å². The molecule has 0 spiro atoms. The summed E-state index contributed by atoms with van der Waals surface area (Å²) >= 11 is 0. The van der Waals surface area contributed by atoms with Gasteiger partial charge in [-0.3, -0.25) is 0 Å². The molecule has 1 aromatic carbocycles. The molecule has 1 aromatic heterocycles. The fraction of sp³-hybridized carbons (Fsp3) is 0.400. The molecular formula is C15H21N3. The van der Waals surface area contributed by atoms with Crippen molar-refractivity contribution in [3.05, 3.63) is 36.0 Å².